The third-order valence-electron chi connectivity index (χ3n) is 6.08. The highest BCUT2D eigenvalue weighted by Crippen LogP contribution is 2.23. The summed E-state index contributed by atoms with van der Waals surface area (Å²) in [6.07, 6.45) is 3.47. The Morgan fingerprint density at radius 2 is 1.59 bits per heavy atom. The van der Waals surface area contributed by atoms with E-state index in [0.29, 0.717) is 12.1 Å². The summed E-state index contributed by atoms with van der Waals surface area (Å²) in [5, 5.41) is 2.97. The standard InChI is InChI=1S/C27H30N2O4S/c1-29-16-14-24(15-17-29)33-25-5-3-4-20(18-25)19-28-27(30)23-8-6-21(7-9-23)22-10-12-26(13-11-22)34(2,31)32/h3-13,18,24H,14-17,19H2,1-2H3,(H,28,30). The predicted molar refractivity (Wildman–Crippen MR) is 134 cm³/mol. The molecule has 1 aliphatic heterocycles. The maximum atomic E-state index is 12.6. The van der Waals surface area contributed by atoms with E-state index in [9.17, 15) is 13.2 Å². The molecule has 3 aromatic rings. The largest absolute Gasteiger partial charge is 0.490 e. The Bertz CT molecular complexity index is 1230. The molecule has 0 aromatic heterocycles. The van der Waals surface area contributed by atoms with E-state index in [1.54, 1.807) is 36.4 Å². The molecule has 0 bridgehead atoms. The fourth-order valence-electron chi connectivity index (χ4n) is 4.02. The fourth-order valence-corrected chi connectivity index (χ4v) is 4.65. The van der Waals surface area contributed by atoms with E-state index in [0.717, 1.165) is 48.4 Å². The number of likely N-dealkylation sites (tertiary alicyclic amines) is 1. The number of ether oxygens (including phenoxy) is 1. The Morgan fingerprint density at radius 3 is 2.21 bits per heavy atom. The van der Waals surface area contributed by atoms with Crippen molar-refractivity contribution in [1.29, 1.82) is 0 Å². The van der Waals surface area contributed by atoms with Crippen LogP contribution in [0.1, 0.15) is 28.8 Å². The number of nitrogens with one attached hydrogen (secondary N) is 1. The normalized spacial score (nSPS) is 15.1. The van der Waals surface area contributed by atoms with Crippen molar-refractivity contribution in [3.8, 4) is 16.9 Å². The van der Waals surface area contributed by atoms with Crippen LogP contribution in [0.5, 0.6) is 5.75 Å². The zero-order valence-corrected chi connectivity index (χ0v) is 20.3. The van der Waals surface area contributed by atoms with Gasteiger partial charge < -0.3 is 15.0 Å². The van der Waals surface area contributed by atoms with Crippen LogP contribution >= 0.6 is 0 Å². The van der Waals surface area contributed by atoms with E-state index >= 15 is 0 Å². The summed E-state index contributed by atoms with van der Waals surface area (Å²) in [5.41, 5.74) is 3.35. The highest BCUT2D eigenvalue weighted by Gasteiger charge is 2.18. The number of carbonyl (C=O) groups excluding carboxylic acids is 1. The number of piperidine rings is 1. The maximum absolute atomic E-state index is 12.6. The van der Waals surface area contributed by atoms with Gasteiger partial charge in [-0.3, -0.25) is 4.79 Å². The minimum absolute atomic E-state index is 0.152. The van der Waals surface area contributed by atoms with Gasteiger partial charge in [-0.15, -0.1) is 0 Å². The maximum Gasteiger partial charge on any atom is 0.251 e. The minimum atomic E-state index is -3.22. The van der Waals surface area contributed by atoms with Gasteiger partial charge in [-0.2, -0.15) is 0 Å². The third-order valence-corrected chi connectivity index (χ3v) is 7.21. The lowest BCUT2D eigenvalue weighted by molar-refractivity contribution is 0.0950. The van der Waals surface area contributed by atoms with Gasteiger partial charge in [0.1, 0.15) is 11.9 Å². The lowest BCUT2D eigenvalue weighted by atomic mass is 10.0. The number of hydrogen-bond donors (Lipinski definition) is 1. The molecule has 4 rings (SSSR count). The summed E-state index contributed by atoms with van der Waals surface area (Å²) in [5.74, 6) is 0.688. The first kappa shape index (κ1) is 24.0. The first-order valence-electron chi connectivity index (χ1n) is 11.4. The molecule has 0 atom stereocenters. The molecule has 7 heteroatoms. The molecule has 34 heavy (non-hydrogen) atoms. The van der Waals surface area contributed by atoms with Crippen LogP contribution in [0.4, 0.5) is 0 Å². The predicted octanol–water partition coefficient (Wildman–Crippen LogP) is 4.16. The quantitative estimate of drug-likeness (QED) is 0.552. The molecule has 0 spiro atoms. The van der Waals surface area contributed by atoms with Crippen molar-refractivity contribution in [1.82, 2.24) is 10.2 Å². The monoisotopic (exact) mass is 478 g/mol. The SMILES string of the molecule is CN1CCC(Oc2cccc(CNC(=O)c3ccc(-c4ccc(S(C)(=O)=O)cc4)cc3)c2)CC1. The molecule has 178 valence electrons. The highest BCUT2D eigenvalue weighted by molar-refractivity contribution is 7.90. The molecule has 1 amide bonds. The lowest BCUT2D eigenvalue weighted by Crippen LogP contribution is -2.35. The number of amides is 1. The number of sulfone groups is 1. The van der Waals surface area contributed by atoms with Crippen LogP contribution in [0, 0.1) is 0 Å². The molecule has 0 saturated carbocycles. The second-order valence-corrected chi connectivity index (χ2v) is 10.8. The van der Waals surface area contributed by atoms with Gasteiger partial charge in [0.2, 0.25) is 0 Å². The number of carbonyl (C=O) groups is 1. The second-order valence-electron chi connectivity index (χ2n) is 8.82. The van der Waals surface area contributed by atoms with Gasteiger partial charge in [0.25, 0.3) is 5.91 Å². The van der Waals surface area contributed by atoms with Crippen LogP contribution in [-0.2, 0) is 16.4 Å². The van der Waals surface area contributed by atoms with Crippen molar-refractivity contribution in [2.75, 3.05) is 26.4 Å². The zero-order valence-electron chi connectivity index (χ0n) is 19.5. The van der Waals surface area contributed by atoms with Crippen molar-refractivity contribution in [2.45, 2.75) is 30.4 Å². The summed E-state index contributed by atoms with van der Waals surface area (Å²) in [4.78, 5) is 15.2. The van der Waals surface area contributed by atoms with Gasteiger partial charge in [0.05, 0.1) is 4.90 Å². The van der Waals surface area contributed by atoms with Crippen LogP contribution in [0.2, 0.25) is 0 Å². The first-order chi connectivity index (χ1) is 16.3. The fraction of sp³-hybridized carbons (Fsp3) is 0.296. The summed E-state index contributed by atoms with van der Waals surface area (Å²) >= 11 is 0. The van der Waals surface area contributed by atoms with Gasteiger partial charge in [0, 0.05) is 31.5 Å². The molecule has 0 aliphatic carbocycles. The van der Waals surface area contributed by atoms with Gasteiger partial charge in [-0.05, 0) is 73.0 Å². The number of hydrogen-bond acceptors (Lipinski definition) is 5. The Balaban J connectivity index is 1.33. The Hall–Kier alpha value is -3.16. The Labute approximate surface area is 201 Å². The van der Waals surface area contributed by atoms with Crippen LogP contribution in [0.3, 0.4) is 0 Å². The number of nitrogens with zero attached hydrogens (tertiary/aromatic N) is 1. The second kappa shape index (κ2) is 10.4. The molecule has 6 nitrogen and oxygen atoms in total. The molecular weight excluding hydrogens is 448 g/mol. The van der Waals surface area contributed by atoms with E-state index in [1.807, 2.05) is 36.4 Å². The summed E-state index contributed by atoms with van der Waals surface area (Å²) in [6.45, 7) is 2.51. The molecule has 0 unspecified atom stereocenters. The minimum Gasteiger partial charge on any atom is -0.490 e. The van der Waals surface area contributed by atoms with E-state index in [2.05, 4.69) is 17.3 Å². The van der Waals surface area contributed by atoms with Gasteiger partial charge in [0.15, 0.2) is 9.84 Å². The van der Waals surface area contributed by atoms with Gasteiger partial charge in [-0.1, -0.05) is 36.4 Å². The average Bonchev–Trinajstić information content (AvgIpc) is 2.84. The van der Waals surface area contributed by atoms with Crippen molar-refractivity contribution >= 4 is 15.7 Å². The third kappa shape index (κ3) is 6.24. The first-order valence-corrected chi connectivity index (χ1v) is 13.3. The van der Waals surface area contributed by atoms with Crippen molar-refractivity contribution < 1.29 is 17.9 Å². The van der Waals surface area contributed by atoms with Gasteiger partial charge >= 0.3 is 0 Å². The molecule has 1 aliphatic rings. The van der Waals surface area contributed by atoms with Crippen molar-refractivity contribution in [3.05, 3.63) is 83.9 Å². The Morgan fingerprint density at radius 1 is 0.971 bits per heavy atom. The van der Waals surface area contributed by atoms with Crippen molar-refractivity contribution in [3.63, 3.8) is 0 Å². The highest BCUT2D eigenvalue weighted by atomic mass is 32.2. The molecule has 3 aromatic carbocycles. The molecule has 1 fully saturated rings. The number of rotatable bonds is 7. The van der Waals surface area contributed by atoms with Crippen LogP contribution in [-0.4, -0.2) is 51.7 Å². The van der Waals surface area contributed by atoms with E-state index in [1.165, 1.54) is 6.26 Å². The van der Waals surface area contributed by atoms with E-state index < -0.39 is 9.84 Å². The summed E-state index contributed by atoms with van der Waals surface area (Å²) in [6, 6.07) is 21.9. The molecular formula is C27H30N2O4S. The molecule has 0 radical (unpaired) electrons. The van der Waals surface area contributed by atoms with Gasteiger partial charge in [-0.25, -0.2) is 8.42 Å². The smallest absolute Gasteiger partial charge is 0.251 e. The molecule has 1 heterocycles. The molecule has 1 saturated heterocycles. The topological polar surface area (TPSA) is 75.7 Å². The van der Waals surface area contributed by atoms with Crippen LogP contribution in [0.25, 0.3) is 11.1 Å². The average molecular weight is 479 g/mol. The van der Waals surface area contributed by atoms with Crippen LogP contribution < -0.4 is 10.1 Å². The summed E-state index contributed by atoms with van der Waals surface area (Å²) < 4.78 is 29.4. The Kier molecular flexibility index (Phi) is 7.34. The molecule has 1 N–H and O–H groups in total. The zero-order chi connectivity index (χ0) is 24.1. The summed E-state index contributed by atoms with van der Waals surface area (Å²) in [7, 11) is -1.09. The van der Waals surface area contributed by atoms with E-state index in [-0.39, 0.29) is 16.9 Å². The number of benzene rings is 3. The van der Waals surface area contributed by atoms with E-state index in [4.69, 9.17) is 4.74 Å². The van der Waals surface area contributed by atoms with Crippen LogP contribution in [0.15, 0.2) is 77.7 Å². The van der Waals surface area contributed by atoms with Crippen molar-refractivity contribution in [2.24, 2.45) is 0 Å². The lowest BCUT2D eigenvalue weighted by Gasteiger charge is -2.29.